The molecule has 6 nitrogen and oxygen atoms in total. The second-order valence-corrected chi connectivity index (χ2v) is 6.38. The number of rotatable bonds is 7. The van der Waals surface area contributed by atoms with Crippen LogP contribution < -0.4 is 10.1 Å². The molecule has 10 heteroatoms. The van der Waals surface area contributed by atoms with Gasteiger partial charge in [-0.15, -0.1) is 13.2 Å². The number of carbonyl (C=O) groups excluding carboxylic acids is 1. The summed E-state index contributed by atoms with van der Waals surface area (Å²) in [6.07, 6.45) is -3.81. The van der Waals surface area contributed by atoms with Crippen molar-refractivity contribution in [2.24, 2.45) is 0 Å². The first-order valence-corrected chi connectivity index (χ1v) is 8.67. The normalized spacial score (nSPS) is 12.6. The number of hydrogen-bond donors (Lipinski definition) is 3. The van der Waals surface area contributed by atoms with Crippen molar-refractivity contribution in [3.63, 3.8) is 0 Å². The summed E-state index contributed by atoms with van der Waals surface area (Å²) in [5.74, 6) is -2.26. The third kappa shape index (κ3) is 5.52. The molecule has 3 N–H and O–H groups in total. The van der Waals surface area contributed by atoms with Gasteiger partial charge in [0.05, 0.1) is 18.6 Å². The zero-order chi connectivity index (χ0) is 21.0. The highest BCUT2D eigenvalue weighted by molar-refractivity contribution is 6.43. The fraction of sp³-hybridized carbons (Fsp3) is 0.211. The number of amides is 1. The number of ether oxygens (including phenoxy) is 1. The molecule has 0 saturated carbocycles. The number of para-hydroxylation sites is 2. The van der Waals surface area contributed by atoms with Gasteiger partial charge in [0.15, 0.2) is 0 Å². The molecule has 0 radical (unpaired) electrons. The molecular formula is C19H17BF3NO5. The molecule has 0 saturated heterocycles. The first-order valence-electron chi connectivity index (χ1n) is 8.67. The molecule has 0 aliphatic carbocycles. The Hall–Kier alpha value is -2.98. The third-order valence-electron chi connectivity index (χ3n) is 4.26. The zero-order valence-corrected chi connectivity index (χ0v) is 15.0. The molecule has 0 spiro atoms. The van der Waals surface area contributed by atoms with E-state index in [9.17, 15) is 28.0 Å². The van der Waals surface area contributed by atoms with Gasteiger partial charge in [-0.1, -0.05) is 36.4 Å². The highest BCUT2D eigenvalue weighted by Crippen LogP contribution is 2.27. The second-order valence-electron chi connectivity index (χ2n) is 6.38. The Labute approximate surface area is 164 Å². The Morgan fingerprint density at radius 1 is 1.10 bits per heavy atom. The molecule has 1 unspecified atom stereocenters. The van der Waals surface area contributed by atoms with Crippen molar-refractivity contribution in [2.75, 3.05) is 0 Å². The minimum atomic E-state index is -4.89. The standard InChI is InChI=1S/C19H17BF3NO5/c21-19(22,23)29-15-7-3-1-5-12(15)10-18(25)24-17(20(26)27)9-13-11-28-16-8-4-2-6-14(13)16/h1-8,11,17,26-27H,9-10H2,(H,24,25). The number of fused-ring (bicyclic) bond motifs is 1. The molecule has 2 aromatic carbocycles. The quantitative estimate of drug-likeness (QED) is 0.524. The molecule has 0 aliphatic rings. The van der Waals surface area contributed by atoms with Crippen LogP contribution in [-0.2, 0) is 17.6 Å². The average molecular weight is 407 g/mol. The number of nitrogens with one attached hydrogen (secondary N) is 1. The Morgan fingerprint density at radius 2 is 1.79 bits per heavy atom. The Bertz CT molecular complexity index is 989. The highest BCUT2D eigenvalue weighted by atomic mass is 19.4. The van der Waals surface area contributed by atoms with E-state index in [1.54, 1.807) is 24.3 Å². The van der Waals surface area contributed by atoms with E-state index in [0.29, 0.717) is 11.1 Å². The minimum Gasteiger partial charge on any atom is -0.464 e. The van der Waals surface area contributed by atoms with Gasteiger partial charge in [0, 0.05) is 10.9 Å². The van der Waals surface area contributed by atoms with Crippen LogP contribution in [0.25, 0.3) is 11.0 Å². The molecule has 3 aromatic rings. The van der Waals surface area contributed by atoms with E-state index in [-0.39, 0.29) is 12.0 Å². The summed E-state index contributed by atoms with van der Waals surface area (Å²) in [6.45, 7) is 0. The molecule has 0 bridgehead atoms. The zero-order valence-electron chi connectivity index (χ0n) is 15.0. The Balaban J connectivity index is 1.71. The van der Waals surface area contributed by atoms with Crippen LogP contribution in [0.1, 0.15) is 11.1 Å². The predicted molar refractivity (Wildman–Crippen MR) is 98.9 cm³/mol. The summed E-state index contributed by atoms with van der Waals surface area (Å²) in [4.78, 5) is 12.3. The molecule has 0 fully saturated rings. The molecule has 1 atom stereocenters. The maximum Gasteiger partial charge on any atom is 0.573 e. The van der Waals surface area contributed by atoms with Gasteiger partial charge < -0.3 is 24.5 Å². The van der Waals surface area contributed by atoms with Crippen LogP contribution in [0.3, 0.4) is 0 Å². The number of hydrogen-bond acceptors (Lipinski definition) is 5. The highest BCUT2D eigenvalue weighted by Gasteiger charge is 2.32. The fourth-order valence-electron chi connectivity index (χ4n) is 2.96. The molecule has 1 heterocycles. The van der Waals surface area contributed by atoms with Gasteiger partial charge in [-0.2, -0.15) is 0 Å². The van der Waals surface area contributed by atoms with E-state index in [2.05, 4.69) is 10.1 Å². The monoisotopic (exact) mass is 407 g/mol. The summed E-state index contributed by atoms with van der Waals surface area (Å²) in [5.41, 5.74) is 1.28. The first kappa shape index (κ1) is 20.8. The Morgan fingerprint density at radius 3 is 2.52 bits per heavy atom. The lowest BCUT2D eigenvalue weighted by atomic mass is 9.75. The SMILES string of the molecule is O=C(Cc1ccccc1OC(F)(F)F)NC(Cc1coc2ccccc12)B(O)O. The van der Waals surface area contributed by atoms with Gasteiger partial charge in [-0.25, -0.2) is 0 Å². The van der Waals surface area contributed by atoms with Crippen LogP contribution >= 0.6 is 0 Å². The smallest absolute Gasteiger partial charge is 0.464 e. The van der Waals surface area contributed by atoms with Crippen LogP contribution in [0, 0.1) is 0 Å². The van der Waals surface area contributed by atoms with Gasteiger partial charge in [0.2, 0.25) is 5.91 Å². The van der Waals surface area contributed by atoms with E-state index >= 15 is 0 Å². The maximum absolute atomic E-state index is 12.5. The number of alkyl halides is 3. The summed E-state index contributed by atoms with van der Waals surface area (Å²) < 4.78 is 46.9. The van der Waals surface area contributed by atoms with Crippen molar-refractivity contribution in [3.05, 3.63) is 65.9 Å². The van der Waals surface area contributed by atoms with E-state index in [0.717, 1.165) is 11.5 Å². The minimum absolute atomic E-state index is 0.0160. The van der Waals surface area contributed by atoms with Gasteiger partial charge >= 0.3 is 13.5 Å². The summed E-state index contributed by atoms with van der Waals surface area (Å²) in [7, 11) is -1.88. The summed E-state index contributed by atoms with van der Waals surface area (Å²) in [5, 5.41) is 22.5. The lowest BCUT2D eigenvalue weighted by molar-refractivity contribution is -0.274. The molecule has 1 amide bonds. The lowest BCUT2D eigenvalue weighted by Gasteiger charge is -2.18. The number of benzene rings is 2. The molecular weight excluding hydrogens is 390 g/mol. The molecule has 3 rings (SSSR count). The van der Waals surface area contributed by atoms with Gasteiger partial charge in [-0.3, -0.25) is 4.79 Å². The van der Waals surface area contributed by atoms with Crippen LogP contribution in [0.15, 0.2) is 59.2 Å². The van der Waals surface area contributed by atoms with Crippen LogP contribution in [-0.4, -0.2) is 35.4 Å². The number of furan rings is 1. The molecule has 1 aromatic heterocycles. The van der Waals surface area contributed by atoms with Crippen LogP contribution in [0.2, 0.25) is 0 Å². The van der Waals surface area contributed by atoms with E-state index in [1.165, 1.54) is 24.5 Å². The maximum atomic E-state index is 12.5. The molecule has 152 valence electrons. The van der Waals surface area contributed by atoms with Gasteiger partial charge in [0.25, 0.3) is 0 Å². The second kappa shape index (κ2) is 8.58. The van der Waals surface area contributed by atoms with Crippen molar-refractivity contribution in [3.8, 4) is 5.75 Å². The topological polar surface area (TPSA) is 91.9 Å². The number of carbonyl (C=O) groups is 1. The van der Waals surface area contributed by atoms with Crippen molar-refractivity contribution in [1.82, 2.24) is 5.32 Å². The molecule has 0 aliphatic heterocycles. The van der Waals surface area contributed by atoms with E-state index in [1.807, 2.05) is 0 Å². The van der Waals surface area contributed by atoms with Crippen LogP contribution in [0.5, 0.6) is 5.75 Å². The van der Waals surface area contributed by atoms with E-state index < -0.39 is 37.5 Å². The fourth-order valence-corrected chi connectivity index (χ4v) is 2.96. The Kier molecular flexibility index (Phi) is 6.14. The van der Waals surface area contributed by atoms with E-state index in [4.69, 9.17) is 4.42 Å². The lowest BCUT2D eigenvalue weighted by Crippen LogP contribution is -2.48. The largest absolute Gasteiger partial charge is 0.573 e. The first-order chi connectivity index (χ1) is 13.7. The van der Waals surface area contributed by atoms with Crippen LogP contribution in [0.4, 0.5) is 13.2 Å². The number of halogens is 3. The molecule has 29 heavy (non-hydrogen) atoms. The summed E-state index contributed by atoms with van der Waals surface area (Å²) >= 11 is 0. The summed E-state index contributed by atoms with van der Waals surface area (Å²) in [6, 6.07) is 12.4. The van der Waals surface area contributed by atoms with Crippen molar-refractivity contribution in [2.45, 2.75) is 25.1 Å². The van der Waals surface area contributed by atoms with Crippen molar-refractivity contribution < 1.29 is 37.2 Å². The third-order valence-corrected chi connectivity index (χ3v) is 4.26. The van der Waals surface area contributed by atoms with Gasteiger partial charge in [0.1, 0.15) is 11.3 Å². The van der Waals surface area contributed by atoms with Crippen molar-refractivity contribution >= 4 is 24.0 Å². The predicted octanol–water partition coefficient (Wildman–Crippen LogP) is 2.61. The van der Waals surface area contributed by atoms with Gasteiger partial charge in [-0.05, 0) is 24.1 Å². The van der Waals surface area contributed by atoms with Crippen molar-refractivity contribution in [1.29, 1.82) is 0 Å². The average Bonchev–Trinajstić information content (AvgIpc) is 3.05.